The molecular formula is C18H22F2N2O2S. The quantitative estimate of drug-likeness (QED) is 0.807. The fraction of sp³-hybridized carbons (Fsp3) is 0.556. The molecule has 0 saturated carbocycles. The maximum Gasteiger partial charge on any atom is 0.274 e. The van der Waals surface area contributed by atoms with Crippen LogP contribution in [-0.4, -0.2) is 35.0 Å². The van der Waals surface area contributed by atoms with Crippen LogP contribution in [0.3, 0.4) is 0 Å². The number of carbonyl (C=O) groups is 1. The first kappa shape index (κ1) is 18.0. The summed E-state index contributed by atoms with van der Waals surface area (Å²) < 4.78 is 33.3. The van der Waals surface area contributed by atoms with E-state index in [9.17, 15) is 13.6 Å². The lowest BCUT2D eigenvalue weighted by molar-refractivity contribution is -0.134. The predicted octanol–water partition coefficient (Wildman–Crippen LogP) is 4.38. The molecular weight excluding hydrogens is 346 g/mol. The first-order valence-corrected chi connectivity index (χ1v) is 9.23. The van der Waals surface area contributed by atoms with Gasteiger partial charge in [-0.1, -0.05) is 32.1 Å². The zero-order valence-electron chi connectivity index (χ0n) is 14.6. The highest BCUT2D eigenvalue weighted by Crippen LogP contribution is 2.32. The molecule has 4 nitrogen and oxygen atoms in total. The molecule has 7 heteroatoms. The lowest BCUT2D eigenvalue weighted by Gasteiger charge is -2.33. The monoisotopic (exact) mass is 368 g/mol. The summed E-state index contributed by atoms with van der Waals surface area (Å²) in [6.45, 7) is 7.45. The Hall–Kier alpha value is -1.76. The maximum atomic E-state index is 13.7. The number of likely N-dealkylation sites (tertiary alicyclic amines) is 1. The number of piperidine rings is 1. The number of carbonyl (C=O) groups excluding carboxylic acids is 1. The van der Waals surface area contributed by atoms with Gasteiger partial charge < -0.3 is 9.64 Å². The Bertz CT molecular complexity index is 777. The predicted molar refractivity (Wildman–Crippen MR) is 93.8 cm³/mol. The minimum atomic E-state index is -0.677. The van der Waals surface area contributed by atoms with E-state index in [1.165, 1.54) is 6.07 Å². The van der Waals surface area contributed by atoms with Gasteiger partial charge >= 0.3 is 0 Å². The van der Waals surface area contributed by atoms with Gasteiger partial charge in [0.25, 0.3) is 5.19 Å². The third kappa shape index (κ3) is 4.45. The van der Waals surface area contributed by atoms with Crippen molar-refractivity contribution in [1.29, 1.82) is 0 Å². The molecule has 3 rings (SSSR count). The molecule has 0 radical (unpaired) electrons. The maximum absolute atomic E-state index is 13.7. The number of fused-ring (bicyclic) bond motifs is 1. The van der Waals surface area contributed by atoms with E-state index in [4.69, 9.17) is 4.74 Å². The Morgan fingerprint density at radius 3 is 2.64 bits per heavy atom. The number of thiazole rings is 1. The van der Waals surface area contributed by atoms with E-state index in [0.29, 0.717) is 42.2 Å². The lowest BCUT2D eigenvalue weighted by atomic mass is 9.91. The van der Waals surface area contributed by atoms with Gasteiger partial charge in [0.15, 0.2) is 5.82 Å². The Kier molecular flexibility index (Phi) is 4.95. The van der Waals surface area contributed by atoms with Crippen LogP contribution >= 0.6 is 11.3 Å². The Labute approximate surface area is 149 Å². The van der Waals surface area contributed by atoms with Crippen LogP contribution in [0.5, 0.6) is 5.19 Å². The van der Waals surface area contributed by atoms with Crippen molar-refractivity contribution in [3.8, 4) is 5.19 Å². The second-order valence-corrected chi connectivity index (χ2v) is 8.64. The zero-order valence-corrected chi connectivity index (χ0v) is 15.5. The zero-order chi connectivity index (χ0) is 18.2. The topological polar surface area (TPSA) is 42.4 Å². The van der Waals surface area contributed by atoms with Gasteiger partial charge in [-0.05, 0) is 11.5 Å². The second-order valence-electron chi connectivity index (χ2n) is 7.65. The van der Waals surface area contributed by atoms with Crippen molar-refractivity contribution in [3.63, 3.8) is 0 Å². The molecule has 1 aliphatic heterocycles. The van der Waals surface area contributed by atoms with Gasteiger partial charge in [-0.25, -0.2) is 8.78 Å². The number of nitrogens with zero attached hydrogens (tertiary/aromatic N) is 2. The number of hydrogen-bond acceptors (Lipinski definition) is 4. The second kappa shape index (κ2) is 6.86. The van der Waals surface area contributed by atoms with Crippen molar-refractivity contribution in [2.45, 2.75) is 46.1 Å². The molecule has 1 aliphatic rings. The molecule has 0 spiro atoms. The van der Waals surface area contributed by atoms with Crippen LogP contribution in [0.2, 0.25) is 0 Å². The van der Waals surface area contributed by atoms with E-state index in [0.717, 1.165) is 17.4 Å². The smallest absolute Gasteiger partial charge is 0.274 e. The van der Waals surface area contributed by atoms with Crippen LogP contribution in [0, 0.1) is 17.0 Å². The molecule has 0 N–H and O–H groups in total. The number of rotatable bonds is 3. The lowest BCUT2D eigenvalue weighted by Crippen LogP contribution is -2.42. The van der Waals surface area contributed by atoms with E-state index in [-0.39, 0.29) is 22.9 Å². The summed E-state index contributed by atoms with van der Waals surface area (Å²) in [5.41, 5.74) is 0.115. The third-order valence-electron chi connectivity index (χ3n) is 4.14. The Morgan fingerprint density at radius 1 is 1.32 bits per heavy atom. The molecule has 1 amide bonds. The molecule has 2 heterocycles. The van der Waals surface area contributed by atoms with Gasteiger partial charge in [0.2, 0.25) is 5.91 Å². The van der Waals surface area contributed by atoms with E-state index in [1.807, 2.05) is 4.90 Å². The van der Waals surface area contributed by atoms with Crippen molar-refractivity contribution in [1.82, 2.24) is 9.88 Å². The van der Waals surface area contributed by atoms with Crippen LogP contribution in [0.4, 0.5) is 8.78 Å². The highest BCUT2D eigenvalue weighted by atomic mass is 32.1. The van der Waals surface area contributed by atoms with E-state index < -0.39 is 11.6 Å². The highest BCUT2D eigenvalue weighted by molar-refractivity contribution is 7.20. The molecule has 136 valence electrons. The molecule has 25 heavy (non-hydrogen) atoms. The van der Waals surface area contributed by atoms with Crippen molar-refractivity contribution >= 4 is 27.5 Å². The minimum absolute atomic E-state index is 0.0230. The van der Waals surface area contributed by atoms with Crippen LogP contribution in [-0.2, 0) is 4.79 Å². The molecule has 0 aliphatic carbocycles. The average molecular weight is 368 g/mol. The van der Waals surface area contributed by atoms with Gasteiger partial charge in [-0.15, -0.1) is 0 Å². The summed E-state index contributed by atoms with van der Waals surface area (Å²) in [4.78, 5) is 18.3. The van der Waals surface area contributed by atoms with E-state index in [2.05, 4.69) is 25.8 Å². The number of aromatic nitrogens is 1. The van der Waals surface area contributed by atoms with Crippen molar-refractivity contribution in [3.05, 3.63) is 23.8 Å². The molecule has 1 aromatic carbocycles. The summed E-state index contributed by atoms with van der Waals surface area (Å²) in [6, 6.07) is 2.09. The third-order valence-corrected chi connectivity index (χ3v) is 5.03. The molecule has 1 saturated heterocycles. The van der Waals surface area contributed by atoms with Crippen molar-refractivity contribution < 1.29 is 18.3 Å². The fourth-order valence-electron chi connectivity index (χ4n) is 2.92. The molecule has 1 aromatic heterocycles. The Balaban J connectivity index is 1.59. The van der Waals surface area contributed by atoms with E-state index in [1.54, 1.807) is 0 Å². The number of amides is 1. The first-order valence-electron chi connectivity index (χ1n) is 8.41. The minimum Gasteiger partial charge on any atom is -0.467 e. The summed E-state index contributed by atoms with van der Waals surface area (Å²) in [6.07, 6.45) is 1.89. The van der Waals surface area contributed by atoms with Gasteiger partial charge in [-0.3, -0.25) is 4.79 Å². The van der Waals surface area contributed by atoms with E-state index >= 15 is 0 Å². The fourth-order valence-corrected chi connectivity index (χ4v) is 3.84. The summed E-state index contributed by atoms with van der Waals surface area (Å²) in [5, 5.41) is 0.346. The summed E-state index contributed by atoms with van der Waals surface area (Å²) >= 11 is 1.14. The highest BCUT2D eigenvalue weighted by Gasteiger charge is 2.27. The van der Waals surface area contributed by atoms with Crippen LogP contribution in [0.15, 0.2) is 12.1 Å². The van der Waals surface area contributed by atoms with Crippen molar-refractivity contribution in [2.75, 3.05) is 13.1 Å². The number of hydrogen-bond donors (Lipinski definition) is 0. The van der Waals surface area contributed by atoms with Gasteiger partial charge in [-0.2, -0.15) is 4.98 Å². The summed E-state index contributed by atoms with van der Waals surface area (Å²) in [7, 11) is 0. The van der Waals surface area contributed by atoms with Crippen molar-refractivity contribution in [2.24, 2.45) is 5.41 Å². The van der Waals surface area contributed by atoms with Crippen LogP contribution in [0.25, 0.3) is 10.2 Å². The molecule has 0 atom stereocenters. The van der Waals surface area contributed by atoms with Gasteiger partial charge in [0.1, 0.15) is 17.4 Å². The molecule has 0 unspecified atom stereocenters. The molecule has 2 aromatic rings. The molecule has 0 bridgehead atoms. The molecule has 1 fully saturated rings. The van der Waals surface area contributed by atoms with Crippen LogP contribution in [0.1, 0.15) is 40.0 Å². The average Bonchev–Trinajstić information content (AvgIpc) is 2.89. The van der Waals surface area contributed by atoms with Crippen LogP contribution < -0.4 is 4.74 Å². The number of halogens is 2. The Morgan fingerprint density at radius 2 is 2.00 bits per heavy atom. The normalized spacial score (nSPS) is 16.4. The number of ether oxygens (including phenoxy) is 1. The number of benzene rings is 1. The first-order chi connectivity index (χ1) is 11.7. The van der Waals surface area contributed by atoms with Gasteiger partial charge in [0, 0.05) is 38.4 Å². The van der Waals surface area contributed by atoms with Gasteiger partial charge in [0.05, 0.1) is 4.70 Å². The SMILES string of the molecule is CC(C)(C)CC(=O)N1CCC(Oc2nc3c(F)cc(F)cc3s2)CC1. The standard InChI is InChI=1S/C18H22F2N2O2S/c1-18(2,3)10-15(23)22-6-4-12(5-7-22)24-17-21-16-13(20)8-11(19)9-14(16)25-17/h8-9,12H,4-7,10H2,1-3H3. The largest absolute Gasteiger partial charge is 0.467 e. The summed E-state index contributed by atoms with van der Waals surface area (Å²) in [5.74, 6) is -1.13.